The molecule has 0 saturated carbocycles. The van der Waals surface area contributed by atoms with Crippen LogP contribution in [0, 0.1) is 0 Å². The lowest BCUT2D eigenvalue weighted by Crippen LogP contribution is -2.35. The molecule has 17 heavy (non-hydrogen) atoms. The quantitative estimate of drug-likeness (QED) is 0.758. The standard InChI is InChI=1S/C16H25N/c1-14(16-10-6-3-7-11-16)13-17-12-8-4-5-9-15(17)2/h3,6-7,10-11,14-15H,4-5,8-9,12-13H2,1-2H3. The second-order valence-corrected chi connectivity index (χ2v) is 5.51. The minimum absolute atomic E-state index is 0.650. The summed E-state index contributed by atoms with van der Waals surface area (Å²) in [6, 6.07) is 11.7. The maximum atomic E-state index is 2.69. The largest absolute Gasteiger partial charge is 0.300 e. The smallest absolute Gasteiger partial charge is 0.00671 e. The topological polar surface area (TPSA) is 3.24 Å². The van der Waals surface area contributed by atoms with Gasteiger partial charge in [0.2, 0.25) is 0 Å². The van der Waals surface area contributed by atoms with Crippen molar-refractivity contribution in [3.05, 3.63) is 35.9 Å². The monoisotopic (exact) mass is 231 g/mol. The summed E-state index contributed by atoms with van der Waals surface area (Å²) in [6.07, 6.45) is 5.59. The summed E-state index contributed by atoms with van der Waals surface area (Å²) in [5.41, 5.74) is 1.48. The van der Waals surface area contributed by atoms with Crippen LogP contribution in [0.15, 0.2) is 30.3 Å². The SMILES string of the molecule is CC(CN1CCCCCC1C)c1ccccc1. The highest BCUT2D eigenvalue weighted by Gasteiger charge is 2.19. The summed E-state index contributed by atoms with van der Waals surface area (Å²) in [6.45, 7) is 7.25. The van der Waals surface area contributed by atoms with Gasteiger partial charge in [0.25, 0.3) is 0 Å². The number of rotatable bonds is 3. The van der Waals surface area contributed by atoms with Crippen LogP contribution in [0.3, 0.4) is 0 Å². The second-order valence-electron chi connectivity index (χ2n) is 5.51. The van der Waals surface area contributed by atoms with E-state index in [0.717, 1.165) is 6.04 Å². The Morgan fingerprint density at radius 1 is 1.18 bits per heavy atom. The van der Waals surface area contributed by atoms with E-state index in [0.29, 0.717) is 5.92 Å². The average molecular weight is 231 g/mol. The fourth-order valence-electron chi connectivity index (χ4n) is 2.84. The molecule has 1 aromatic carbocycles. The third kappa shape index (κ3) is 3.57. The fraction of sp³-hybridized carbons (Fsp3) is 0.625. The van der Waals surface area contributed by atoms with Gasteiger partial charge >= 0.3 is 0 Å². The summed E-state index contributed by atoms with van der Waals surface area (Å²) in [4.78, 5) is 2.69. The van der Waals surface area contributed by atoms with Crippen LogP contribution in [0.1, 0.15) is 51.0 Å². The Hall–Kier alpha value is -0.820. The van der Waals surface area contributed by atoms with Gasteiger partial charge in [-0.3, -0.25) is 0 Å². The third-order valence-electron chi connectivity index (χ3n) is 4.07. The van der Waals surface area contributed by atoms with Crippen molar-refractivity contribution in [1.29, 1.82) is 0 Å². The first kappa shape index (κ1) is 12.6. The summed E-state index contributed by atoms with van der Waals surface area (Å²) < 4.78 is 0. The van der Waals surface area contributed by atoms with Crippen molar-refractivity contribution in [3.63, 3.8) is 0 Å². The van der Waals surface area contributed by atoms with E-state index >= 15 is 0 Å². The highest BCUT2D eigenvalue weighted by Crippen LogP contribution is 2.21. The van der Waals surface area contributed by atoms with Crippen molar-refractivity contribution in [2.75, 3.05) is 13.1 Å². The predicted molar refractivity (Wildman–Crippen MR) is 74.4 cm³/mol. The van der Waals surface area contributed by atoms with Crippen LogP contribution in [-0.4, -0.2) is 24.0 Å². The zero-order valence-electron chi connectivity index (χ0n) is 11.2. The molecule has 0 radical (unpaired) electrons. The minimum atomic E-state index is 0.650. The van der Waals surface area contributed by atoms with E-state index in [1.165, 1.54) is 44.3 Å². The highest BCUT2D eigenvalue weighted by atomic mass is 15.1. The zero-order chi connectivity index (χ0) is 12.1. The van der Waals surface area contributed by atoms with Gasteiger partial charge < -0.3 is 4.90 Å². The molecule has 94 valence electrons. The number of hydrogen-bond acceptors (Lipinski definition) is 1. The summed E-state index contributed by atoms with van der Waals surface area (Å²) in [5, 5.41) is 0. The van der Waals surface area contributed by atoms with Crippen molar-refractivity contribution in [2.24, 2.45) is 0 Å². The Bertz CT molecular complexity index is 320. The molecule has 2 unspecified atom stereocenters. The zero-order valence-corrected chi connectivity index (χ0v) is 11.2. The molecule has 1 aliphatic heterocycles. The van der Waals surface area contributed by atoms with Gasteiger partial charge in [-0.15, -0.1) is 0 Å². The summed E-state index contributed by atoms with van der Waals surface area (Å²) in [7, 11) is 0. The van der Waals surface area contributed by atoms with Crippen molar-refractivity contribution in [3.8, 4) is 0 Å². The van der Waals surface area contributed by atoms with E-state index in [-0.39, 0.29) is 0 Å². The van der Waals surface area contributed by atoms with E-state index in [4.69, 9.17) is 0 Å². The van der Waals surface area contributed by atoms with E-state index in [9.17, 15) is 0 Å². The molecule has 0 amide bonds. The molecule has 1 aliphatic rings. The molecule has 0 bridgehead atoms. The normalized spacial score (nSPS) is 24.2. The molecule has 2 rings (SSSR count). The number of benzene rings is 1. The van der Waals surface area contributed by atoms with Crippen LogP contribution in [0.4, 0.5) is 0 Å². The van der Waals surface area contributed by atoms with Gasteiger partial charge in [0, 0.05) is 12.6 Å². The third-order valence-corrected chi connectivity index (χ3v) is 4.07. The molecule has 1 heteroatoms. The van der Waals surface area contributed by atoms with Gasteiger partial charge in [-0.1, -0.05) is 50.1 Å². The molecule has 0 N–H and O–H groups in total. The molecule has 1 heterocycles. The molecular weight excluding hydrogens is 206 g/mol. The highest BCUT2D eigenvalue weighted by molar-refractivity contribution is 5.19. The second kappa shape index (κ2) is 6.20. The van der Waals surface area contributed by atoms with Crippen LogP contribution in [0.25, 0.3) is 0 Å². The first-order chi connectivity index (χ1) is 8.27. The predicted octanol–water partition coefficient (Wildman–Crippen LogP) is 4.05. The van der Waals surface area contributed by atoms with Crippen molar-refractivity contribution >= 4 is 0 Å². The first-order valence-corrected chi connectivity index (χ1v) is 7.06. The Morgan fingerprint density at radius 2 is 1.94 bits per heavy atom. The Balaban J connectivity index is 1.95. The van der Waals surface area contributed by atoms with Gasteiger partial charge in [0.15, 0.2) is 0 Å². The Labute approximate surface area is 106 Å². The molecule has 1 fully saturated rings. The van der Waals surface area contributed by atoms with E-state index < -0.39 is 0 Å². The van der Waals surface area contributed by atoms with Crippen molar-refractivity contribution in [2.45, 2.75) is 51.5 Å². The van der Waals surface area contributed by atoms with Crippen LogP contribution in [-0.2, 0) is 0 Å². The summed E-state index contributed by atoms with van der Waals surface area (Å²) >= 11 is 0. The lowest BCUT2D eigenvalue weighted by Gasteiger charge is -2.29. The maximum absolute atomic E-state index is 2.69. The van der Waals surface area contributed by atoms with Crippen LogP contribution in [0.2, 0.25) is 0 Å². The molecule has 1 nitrogen and oxygen atoms in total. The van der Waals surface area contributed by atoms with E-state index in [2.05, 4.69) is 49.1 Å². The maximum Gasteiger partial charge on any atom is 0.00671 e. The molecule has 0 spiro atoms. The first-order valence-electron chi connectivity index (χ1n) is 7.06. The number of likely N-dealkylation sites (tertiary alicyclic amines) is 1. The van der Waals surface area contributed by atoms with Gasteiger partial charge in [-0.05, 0) is 37.8 Å². The Morgan fingerprint density at radius 3 is 2.71 bits per heavy atom. The molecule has 2 atom stereocenters. The van der Waals surface area contributed by atoms with Gasteiger partial charge in [-0.25, -0.2) is 0 Å². The Kier molecular flexibility index (Phi) is 4.61. The lowest BCUT2D eigenvalue weighted by molar-refractivity contribution is 0.203. The molecule has 1 aromatic rings. The number of hydrogen-bond donors (Lipinski definition) is 0. The average Bonchev–Trinajstić information content (AvgIpc) is 2.56. The van der Waals surface area contributed by atoms with E-state index in [1.54, 1.807) is 0 Å². The molecular formula is C16H25N. The van der Waals surface area contributed by atoms with E-state index in [1.807, 2.05) is 0 Å². The van der Waals surface area contributed by atoms with Crippen molar-refractivity contribution in [1.82, 2.24) is 4.90 Å². The van der Waals surface area contributed by atoms with Crippen molar-refractivity contribution < 1.29 is 0 Å². The summed E-state index contributed by atoms with van der Waals surface area (Å²) in [5.74, 6) is 0.650. The van der Waals surface area contributed by atoms with Gasteiger partial charge in [-0.2, -0.15) is 0 Å². The molecule has 0 aromatic heterocycles. The van der Waals surface area contributed by atoms with Gasteiger partial charge in [0.1, 0.15) is 0 Å². The lowest BCUT2D eigenvalue weighted by atomic mass is 10.00. The number of nitrogens with zero attached hydrogens (tertiary/aromatic N) is 1. The van der Waals surface area contributed by atoms with Crippen LogP contribution < -0.4 is 0 Å². The fourth-order valence-corrected chi connectivity index (χ4v) is 2.84. The van der Waals surface area contributed by atoms with Crippen LogP contribution in [0.5, 0.6) is 0 Å². The molecule has 1 saturated heterocycles. The molecule has 0 aliphatic carbocycles. The van der Waals surface area contributed by atoms with Gasteiger partial charge in [0.05, 0.1) is 0 Å². The van der Waals surface area contributed by atoms with Crippen LogP contribution >= 0.6 is 0 Å². The minimum Gasteiger partial charge on any atom is -0.300 e.